The minimum absolute atomic E-state index is 0.111. The van der Waals surface area contributed by atoms with Crippen molar-refractivity contribution in [3.8, 4) is 5.75 Å². The quantitative estimate of drug-likeness (QED) is 0.684. The van der Waals surface area contributed by atoms with Crippen molar-refractivity contribution in [2.45, 2.75) is 44.2 Å². The van der Waals surface area contributed by atoms with Gasteiger partial charge >= 0.3 is 6.03 Å². The van der Waals surface area contributed by atoms with E-state index in [1.165, 1.54) is 14.7 Å². The maximum atomic E-state index is 13.2. The molecule has 1 aromatic heterocycles. The van der Waals surface area contributed by atoms with E-state index in [2.05, 4.69) is 22.8 Å². The van der Waals surface area contributed by atoms with E-state index in [0.717, 1.165) is 37.1 Å². The second-order valence-corrected chi connectivity index (χ2v) is 9.10. The second kappa shape index (κ2) is 8.16. The molecule has 2 N–H and O–H groups in total. The molecule has 2 fully saturated rings. The minimum Gasteiger partial charge on any atom is -0.497 e. The van der Waals surface area contributed by atoms with Gasteiger partial charge in [-0.3, -0.25) is 4.79 Å². The number of ether oxygens (including phenoxy) is 1. The summed E-state index contributed by atoms with van der Waals surface area (Å²) in [5.74, 6) is 0.700. The van der Waals surface area contributed by atoms with Gasteiger partial charge in [0, 0.05) is 12.8 Å². The van der Waals surface area contributed by atoms with Crippen LogP contribution in [-0.2, 0) is 11.2 Å². The van der Waals surface area contributed by atoms with Gasteiger partial charge in [-0.05, 0) is 48.9 Å². The van der Waals surface area contributed by atoms with Gasteiger partial charge in [0.05, 0.1) is 18.5 Å². The molecular formula is C22H28N3O3S+. The van der Waals surface area contributed by atoms with Crippen molar-refractivity contribution in [3.05, 3.63) is 52.2 Å². The predicted molar refractivity (Wildman–Crippen MR) is 112 cm³/mol. The minimum atomic E-state index is -0.853. The highest BCUT2D eigenvalue weighted by molar-refractivity contribution is 7.10. The van der Waals surface area contributed by atoms with Gasteiger partial charge < -0.3 is 15.0 Å². The molecular weight excluding hydrogens is 386 g/mol. The van der Waals surface area contributed by atoms with Crippen molar-refractivity contribution in [1.82, 2.24) is 10.2 Å². The summed E-state index contributed by atoms with van der Waals surface area (Å²) in [6.45, 7) is 3.26. The Balaban J connectivity index is 1.41. The summed E-state index contributed by atoms with van der Waals surface area (Å²) >= 11 is 1.76. The highest BCUT2D eigenvalue weighted by atomic mass is 32.1. The molecule has 0 saturated carbocycles. The predicted octanol–water partition coefficient (Wildman–Crippen LogP) is 2.38. The Hall–Kier alpha value is -2.38. The number of thiophene rings is 1. The van der Waals surface area contributed by atoms with Crippen LogP contribution in [0.25, 0.3) is 0 Å². The first-order valence-electron chi connectivity index (χ1n) is 10.2. The molecule has 0 bridgehead atoms. The molecule has 2 aromatic rings. The zero-order chi connectivity index (χ0) is 20.4. The molecule has 1 unspecified atom stereocenters. The van der Waals surface area contributed by atoms with Crippen molar-refractivity contribution >= 4 is 23.3 Å². The molecule has 3 amide bonds. The number of nitrogens with zero attached hydrogens (tertiary/aromatic N) is 1. The molecule has 6 nitrogen and oxygen atoms in total. The second-order valence-electron chi connectivity index (χ2n) is 8.12. The number of quaternary nitrogens is 1. The van der Waals surface area contributed by atoms with E-state index in [4.69, 9.17) is 4.74 Å². The van der Waals surface area contributed by atoms with E-state index in [1.807, 2.05) is 31.2 Å². The fourth-order valence-electron chi connectivity index (χ4n) is 4.38. The fourth-order valence-corrected chi connectivity index (χ4v) is 5.30. The number of hydrogen-bond donors (Lipinski definition) is 2. The van der Waals surface area contributed by atoms with Crippen LogP contribution in [0.1, 0.15) is 42.7 Å². The summed E-state index contributed by atoms with van der Waals surface area (Å²) in [6.07, 6.45) is 3.52. The van der Waals surface area contributed by atoms with Gasteiger partial charge in [0.2, 0.25) is 0 Å². The summed E-state index contributed by atoms with van der Waals surface area (Å²) in [7, 11) is 1.64. The average molecular weight is 415 g/mol. The molecule has 0 spiro atoms. The summed E-state index contributed by atoms with van der Waals surface area (Å²) in [5.41, 5.74) is 0.268. The Morgan fingerprint density at radius 2 is 2.07 bits per heavy atom. The normalized spacial score (nSPS) is 26.8. The van der Waals surface area contributed by atoms with E-state index in [1.54, 1.807) is 18.4 Å². The van der Waals surface area contributed by atoms with E-state index in [9.17, 15) is 9.59 Å². The fraction of sp³-hybridized carbons (Fsp3) is 0.455. The Bertz CT molecular complexity index is 868. The summed E-state index contributed by atoms with van der Waals surface area (Å²) in [6, 6.07) is 12.2. The van der Waals surface area contributed by atoms with Crippen molar-refractivity contribution in [3.63, 3.8) is 0 Å². The SMILES string of the molecule is COc1ccc(CC[C@@]2(C)NC(=O)N(C[NH+]3CCC[C@@H]3c3cccs3)C2=O)cc1. The van der Waals surface area contributed by atoms with Crippen LogP contribution >= 0.6 is 11.3 Å². The number of methoxy groups -OCH3 is 1. The molecule has 154 valence electrons. The summed E-state index contributed by atoms with van der Waals surface area (Å²) < 4.78 is 5.19. The topological polar surface area (TPSA) is 63.1 Å². The lowest BCUT2D eigenvalue weighted by Crippen LogP contribution is -3.12. The Morgan fingerprint density at radius 3 is 2.76 bits per heavy atom. The highest BCUT2D eigenvalue weighted by Crippen LogP contribution is 2.26. The van der Waals surface area contributed by atoms with Crippen LogP contribution in [0.3, 0.4) is 0 Å². The number of rotatable bonds is 7. The Kier molecular flexibility index (Phi) is 5.61. The molecule has 0 radical (unpaired) electrons. The van der Waals surface area contributed by atoms with Crippen LogP contribution in [0.2, 0.25) is 0 Å². The molecule has 7 heteroatoms. The third-order valence-electron chi connectivity index (χ3n) is 6.15. The van der Waals surface area contributed by atoms with E-state index >= 15 is 0 Å². The van der Waals surface area contributed by atoms with Crippen LogP contribution in [0.5, 0.6) is 5.75 Å². The average Bonchev–Trinajstić information content (AvgIpc) is 3.45. The van der Waals surface area contributed by atoms with Gasteiger partial charge in [0.1, 0.15) is 17.3 Å². The third kappa shape index (κ3) is 4.02. The molecule has 2 aliphatic rings. The highest BCUT2D eigenvalue weighted by Gasteiger charge is 2.49. The van der Waals surface area contributed by atoms with Gasteiger partial charge in [-0.1, -0.05) is 18.2 Å². The monoisotopic (exact) mass is 414 g/mol. The number of carbonyl (C=O) groups excluding carboxylic acids is 2. The number of aryl methyl sites for hydroxylation is 1. The third-order valence-corrected chi connectivity index (χ3v) is 7.14. The Labute approximate surface area is 175 Å². The lowest BCUT2D eigenvalue weighted by atomic mass is 9.93. The largest absolute Gasteiger partial charge is 0.497 e. The maximum Gasteiger partial charge on any atom is 0.329 e. The zero-order valence-electron chi connectivity index (χ0n) is 16.9. The van der Waals surface area contributed by atoms with Crippen LogP contribution in [0.15, 0.2) is 41.8 Å². The first-order chi connectivity index (χ1) is 14.0. The van der Waals surface area contributed by atoms with Crippen molar-refractivity contribution in [1.29, 1.82) is 0 Å². The van der Waals surface area contributed by atoms with Crippen LogP contribution in [0, 0.1) is 0 Å². The molecule has 1 aromatic carbocycles. The number of nitrogens with one attached hydrogen (secondary N) is 2. The lowest BCUT2D eigenvalue weighted by Gasteiger charge is -2.25. The number of imide groups is 1. The number of amides is 3. The summed E-state index contributed by atoms with van der Waals surface area (Å²) in [4.78, 5) is 29.9. The molecule has 2 saturated heterocycles. The van der Waals surface area contributed by atoms with E-state index in [0.29, 0.717) is 19.1 Å². The number of hydrogen-bond acceptors (Lipinski definition) is 4. The first kappa shape index (κ1) is 19.9. The smallest absolute Gasteiger partial charge is 0.329 e. The maximum absolute atomic E-state index is 13.2. The van der Waals surface area contributed by atoms with Gasteiger partial charge in [0.15, 0.2) is 6.67 Å². The van der Waals surface area contributed by atoms with Gasteiger partial charge in [-0.2, -0.15) is 0 Å². The van der Waals surface area contributed by atoms with Crippen LogP contribution in [0.4, 0.5) is 4.79 Å². The molecule has 2 aliphatic heterocycles. The number of urea groups is 1. The van der Waals surface area contributed by atoms with Gasteiger partial charge in [-0.15, -0.1) is 11.3 Å². The van der Waals surface area contributed by atoms with Crippen molar-refractivity contribution in [2.75, 3.05) is 20.3 Å². The summed E-state index contributed by atoms with van der Waals surface area (Å²) in [5, 5.41) is 5.04. The zero-order valence-corrected chi connectivity index (χ0v) is 17.8. The lowest BCUT2D eigenvalue weighted by molar-refractivity contribution is -0.925. The van der Waals surface area contributed by atoms with Gasteiger partial charge in [0.25, 0.3) is 5.91 Å². The molecule has 29 heavy (non-hydrogen) atoms. The molecule has 3 heterocycles. The van der Waals surface area contributed by atoms with E-state index < -0.39 is 5.54 Å². The van der Waals surface area contributed by atoms with Crippen molar-refractivity contribution in [2.24, 2.45) is 0 Å². The van der Waals surface area contributed by atoms with E-state index in [-0.39, 0.29) is 11.9 Å². The molecule has 3 atom stereocenters. The van der Waals surface area contributed by atoms with Gasteiger partial charge in [-0.25, -0.2) is 9.69 Å². The van der Waals surface area contributed by atoms with Crippen molar-refractivity contribution < 1.29 is 19.2 Å². The molecule has 0 aliphatic carbocycles. The number of carbonyl (C=O) groups is 2. The first-order valence-corrected chi connectivity index (χ1v) is 11.0. The van der Waals surface area contributed by atoms with Crippen LogP contribution < -0.4 is 15.0 Å². The Morgan fingerprint density at radius 1 is 1.28 bits per heavy atom. The number of likely N-dealkylation sites (tertiary alicyclic amines) is 1. The standard InChI is InChI=1S/C22H27N3O3S/c1-22(12-11-16-7-9-17(28-2)10-8-16)20(26)25(21(27)23-22)15-24-13-3-5-18(24)19-6-4-14-29-19/h4,6-10,14,18H,3,5,11-13,15H2,1-2H3,(H,23,27)/p+1/t18-,22-/m1/s1. The number of benzene rings is 1. The molecule has 4 rings (SSSR count). The van der Waals surface area contributed by atoms with Crippen LogP contribution in [-0.4, -0.2) is 42.7 Å².